The van der Waals surface area contributed by atoms with Crippen LogP contribution in [-0.2, 0) is 14.2 Å². The van der Waals surface area contributed by atoms with Crippen LogP contribution in [0.1, 0.15) is 26.7 Å². The molecule has 96 valence electrons. The van der Waals surface area contributed by atoms with E-state index in [0.29, 0.717) is 13.2 Å². The standard InChI is InChI=1S/C12H24O3S/c1-11(2)15-8-7-14-9-12(10-16)3-5-13-6-4-12/h11,16H,3-10H2,1-2H3. The summed E-state index contributed by atoms with van der Waals surface area (Å²) in [5.74, 6) is 0.876. The zero-order valence-electron chi connectivity index (χ0n) is 10.4. The summed E-state index contributed by atoms with van der Waals surface area (Å²) >= 11 is 4.44. The highest BCUT2D eigenvalue weighted by atomic mass is 32.1. The summed E-state index contributed by atoms with van der Waals surface area (Å²) in [5, 5.41) is 0. The van der Waals surface area contributed by atoms with Crippen LogP contribution in [0.15, 0.2) is 0 Å². The van der Waals surface area contributed by atoms with Crippen molar-refractivity contribution in [3.8, 4) is 0 Å². The Labute approximate surface area is 104 Å². The number of hydrogen-bond donors (Lipinski definition) is 1. The molecule has 0 N–H and O–H groups in total. The summed E-state index contributed by atoms with van der Waals surface area (Å²) < 4.78 is 16.5. The van der Waals surface area contributed by atoms with Gasteiger partial charge in [0.15, 0.2) is 0 Å². The van der Waals surface area contributed by atoms with E-state index in [1.54, 1.807) is 0 Å². The Morgan fingerprint density at radius 3 is 2.50 bits per heavy atom. The molecule has 1 fully saturated rings. The Kier molecular flexibility index (Phi) is 6.73. The predicted molar refractivity (Wildman–Crippen MR) is 68.2 cm³/mol. The van der Waals surface area contributed by atoms with Gasteiger partial charge in [-0.25, -0.2) is 0 Å². The zero-order chi connectivity index (χ0) is 11.9. The van der Waals surface area contributed by atoms with Crippen LogP contribution in [0.5, 0.6) is 0 Å². The Morgan fingerprint density at radius 2 is 1.94 bits per heavy atom. The van der Waals surface area contributed by atoms with E-state index in [1.807, 2.05) is 13.8 Å². The highest BCUT2D eigenvalue weighted by molar-refractivity contribution is 7.80. The minimum absolute atomic E-state index is 0.221. The topological polar surface area (TPSA) is 27.7 Å². The largest absolute Gasteiger partial charge is 0.381 e. The van der Waals surface area contributed by atoms with Crippen LogP contribution in [0.4, 0.5) is 0 Å². The maximum atomic E-state index is 5.69. The van der Waals surface area contributed by atoms with Gasteiger partial charge in [0.25, 0.3) is 0 Å². The van der Waals surface area contributed by atoms with Crippen molar-refractivity contribution in [1.82, 2.24) is 0 Å². The van der Waals surface area contributed by atoms with Crippen LogP contribution < -0.4 is 0 Å². The van der Waals surface area contributed by atoms with Crippen molar-refractivity contribution < 1.29 is 14.2 Å². The number of rotatable bonds is 7. The van der Waals surface area contributed by atoms with Crippen molar-refractivity contribution >= 4 is 12.6 Å². The molecular weight excluding hydrogens is 224 g/mol. The van der Waals surface area contributed by atoms with Crippen LogP contribution in [0.25, 0.3) is 0 Å². The first-order valence-electron chi connectivity index (χ1n) is 6.06. The number of ether oxygens (including phenoxy) is 3. The fourth-order valence-corrected chi connectivity index (χ4v) is 2.19. The van der Waals surface area contributed by atoms with Crippen LogP contribution in [0, 0.1) is 5.41 Å². The summed E-state index contributed by atoms with van der Waals surface area (Å²) in [7, 11) is 0. The van der Waals surface area contributed by atoms with E-state index in [-0.39, 0.29) is 11.5 Å². The van der Waals surface area contributed by atoms with E-state index >= 15 is 0 Å². The van der Waals surface area contributed by atoms with Gasteiger partial charge in [0.1, 0.15) is 0 Å². The molecule has 0 bridgehead atoms. The van der Waals surface area contributed by atoms with Gasteiger partial charge in [0.05, 0.1) is 25.9 Å². The second-order valence-corrected chi connectivity index (χ2v) is 5.06. The van der Waals surface area contributed by atoms with Gasteiger partial charge in [0, 0.05) is 18.6 Å². The van der Waals surface area contributed by atoms with E-state index in [2.05, 4.69) is 12.6 Å². The smallest absolute Gasteiger partial charge is 0.0703 e. The minimum Gasteiger partial charge on any atom is -0.381 e. The molecule has 0 amide bonds. The Bertz CT molecular complexity index is 179. The molecule has 0 aromatic carbocycles. The first kappa shape index (κ1) is 14.3. The molecule has 1 saturated heterocycles. The maximum absolute atomic E-state index is 5.69. The summed E-state index contributed by atoms with van der Waals surface area (Å²) in [6.45, 7) is 7.88. The molecule has 3 nitrogen and oxygen atoms in total. The molecule has 0 radical (unpaired) electrons. The summed E-state index contributed by atoms with van der Waals surface area (Å²) in [5.41, 5.74) is 0.221. The lowest BCUT2D eigenvalue weighted by Gasteiger charge is -2.35. The van der Waals surface area contributed by atoms with Gasteiger partial charge in [-0.2, -0.15) is 12.6 Å². The van der Waals surface area contributed by atoms with Gasteiger partial charge < -0.3 is 14.2 Å². The molecule has 0 spiro atoms. The second-order valence-electron chi connectivity index (χ2n) is 4.74. The molecular formula is C12H24O3S. The monoisotopic (exact) mass is 248 g/mol. The molecule has 1 heterocycles. The van der Waals surface area contributed by atoms with Crippen molar-refractivity contribution in [2.45, 2.75) is 32.8 Å². The Morgan fingerprint density at radius 1 is 1.25 bits per heavy atom. The molecule has 0 unspecified atom stereocenters. The molecule has 1 aliphatic rings. The van der Waals surface area contributed by atoms with Crippen LogP contribution in [0.2, 0.25) is 0 Å². The van der Waals surface area contributed by atoms with Gasteiger partial charge in [-0.05, 0) is 32.4 Å². The first-order valence-corrected chi connectivity index (χ1v) is 6.70. The fraction of sp³-hybridized carbons (Fsp3) is 1.00. The number of thiol groups is 1. The lowest BCUT2D eigenvalue weighted by atomic mass is 9.83. The van der Waals surface area contributed by atoms with Crippen LogP contribution >= 0.6 is 12.6 Å². The van der Waals surface area contributed by atoms with Gasteiger partial charge in [-0.1, -0.05) is 0 Å². The molecule has 0 saturated carbocycles. The van der Waals surface area contributed by atoms with Crippen LogP contribution in [-0.4, -0.2) is 44.9 Å². The molecule has 16 heavy (non-hydrogen) atoms. The Balaban J connectivity index is 2.13. The van der Waals surface area contributed by atoms with Gasteiger partial charge >= 0.3 is 0 Å². The molecule has 0 aromatic rings. The SMILES string of the molecule is CC(C)OCCOCC1(CS)CCOCC1. The van der Waals surface area contributed by atoms with Crippen molar-refractivity contribution in [2.75, 3.05) is 38.8 Å². The van der Waals surface area contributed by atoms with Crippen molar-refractivity contribution in [3.63, 3.8) is 0 Å². The van der Waals surface area contributed by atoms with Gasteiger partial charge in [0.2, 0.25) is 0 Å². The third kappa shape index (κ3) is 5.04. The third-order valence-electron chi connectivity index (χ3n) is 2.98. The first-order chi connectivity index (χ1) is 7.68. The molecule has 0 atom stereocenters. The van der Waals surface area contributed by atoms with E-state index in [4.69, 9.17) is 14.2 Å². The Hall–Kier alpha value is 0.230. The average molecular weight is 248 g/mol. The van der Waals surface area contributed by atoms with Crippen molar-refractivity contribution in [2.24, 2.45) is 5.41 Å². The second kappa shape index (κ2) is 7.54. The number of hydrogen-bond acceptors (Lipinski definition) is 4. The van der Waals surface area contributed by atoms with E-state index in [0.717, 1.165) is 38.4 Å². The van der Waals surface area contributed by atoms with Gasteiger partial charge in [-0.3, -0.25) is 0 Å². The highest BCUT2D eigenvalue weighted by Gasteiger charge is 2.31. The van der Waals surface area contributed by atoms with E-state index < -0.39 is 0 Å². The fourth-order valence-electron chi connectivity index (χ4n) is 1.78. The summed E-state index contributed by atoms with van der Waals surface area (Å²) in [4.78, 5) is 0. The molecule has 0 aliphatic carbocycles. The molecule has 0 aromatic heterocycles. The summed E-state index contributed by atoms with van der Waals surface area (Å²) in [6.07, 6.45) is 2.40. The van der Waals surface area contributed by atoms with Crippen molar-refractivity contribution in [1.29, 1.82) is 0 Å². The molecule has 4 heteroatoms. The van der Waals surface area contributed by atoms with Crippen LogP contribution in [0.3, 0.4) is 0 Å². The van der Waals surface area contributed by atoms with E-state index in [1.165, 1.54) is 0 Å². The normalized spacial score (nSPS) is 20.2. The van der Waals surface area contributed by atoms with Crippen molar-refractivity contribution in [3.05, 3.63) is 0 Å². The lowest BCUT2D eigenvalue weighted by Crippen LogP contribution is -2.36. The average Bonchev–Trinajstić information content (AvgIpc) is 2.29. The minimum atomic E-state index is 0.221. The molecule has 1 rings (SSSR count). The van der Waals surface area contributed by atoms with Gasteiger partial charge in [-0.15, -0.1) is 0 Å². The third-order valence-corrected chi connectivity index (χ3v) is 3.65. The highest BCUT2D eigenvalue weighted by Crippen LogP contribution is 2.31. The zero-order valence-corrected chi connectivity index (χ0v) is 11.3. The molecule has 1 aliphatic heterocycles. The maximum Gasteiger partial charge on any atom is 0.0703 e. The lowest BCUT2D eigenvalue weighted by molar-refractivity contribution is -0.0448. The summed E-state index contributed by atoms with van der Waals surface area (Å²) in [6, 6.07) is 0. The quantitative estimate of drug-likeness (QED) is 0.552. The predicted octanol–water partition coefficient (Wildman–Crippen LogP) is 2.15. The van der Waals surface area contributed by atoms with E-state index in [9.17, 15) is 0 Å².